The highest BCUT2D eigenvalue weighted by Crippen LogP contribution is 2.33. The quantitative estimate of drug-likeness (QED) is 0.798. The van der Waals surface area contributed by atoms with Crippen LogP contribution >= 0.6 is 11.8 Å². The predicted octanol–water partition coefficient (Wildman–Crippen LogP) is 2.91. The number of hydrogen-bond donors (Lipinski definition) is 2. The highest BCUT2D eigenvalue weighted by atomic mass is 32.2. The lowest BCUT2D eigenvalue weighted by atomic mass is 10.2. The first kappa shape index (κ1) is 11.0. The number of nitrogen functional groups attached to an aromatic ring is 1. The van der Waals surface area contributed by atoms with Gasteiger partial charge >= 0.3 is 0 Å². The Bertz CT molecular complexity index is 485. The van der Waals surface area contributed by atoms with E-state index in [1.807, 2.05) is 48.5 Å². The molecule has 0 radical (unpaired) electrons. The Hall–Kier alpha value is -1.45. The van der Waals surface area contributed by atoms with Crippen LogP contribution in [0, 0.1) is 0 Å². The summed E-state index contributed by atoms with van der Waals surface area (Å²) in [6.07, 6.45) is 0. The molecule has 0 atom stereocenters. The smallest absolute Gasteiger partial charge is 0.0692 e. The molecule has 82 valence electrons. The summed E-state index contributed by atoms with van der Waals surface area (Å²) in [5.74, 6) is 0. The van der Waals surface area contributed by atoms with Crippen LogP contribution in [0.15, 0.2) is 58.3 Å². The van der Waals surface area contributed by atoms with Crippen molar-refractivity contribution in [3.63, 3.8) is 0 Å². The number of nitrogens with two attached hydrogens (primary N) is 1. The largest absolute Gasteiger partial charge is 0.398 e. The lowest BCUT2D eigenvalue weighted by Gasteiger charge is -2.08. The molecule has 2 aromatic carbocycles. The van der Waals surface area contributed by atoms with Gasteiger partial charge in [-0.25, -0.2) is 0 Å². The van der Waals surface area contributed by atoms with E-state index in [2.05, 4.69) is 0 Å². The summed E-state index contributed by atoms with van der Waals surface area (Å²) in [4.78, 5) is 2.06. The predicted molar refractivity (Wildman–Crippen MR) is 67.3 cm³/mol. The molecule has 0 aliphatic rings. The number of hydrogen-bond acceptors (Lipinski definition) is 3. The Kier molecular flexibility index (Phi) is 3.49. The average molecular weight is 231 g/mol. The van der Waals surface area contributed by atoms with Crippen molar-refractivity contribution in [3.8, 4) is 0 Å². The van der Waals surface area contributed by atoms with Gasteiger partial charge in [0.2, 0.25) is 0 Å². The van der Waals surface area contributed by atoms with E-state index >= 15 is 0 Å². The van der Waals surface area contributed by atoms with Crippen molar-refractivity contribution in [3.05, 3.63) is 54.1 Å². The van der Waals surface area contributed by atoms with Crippen LogP contribution in [0.5, 0.6) is 0 Å². The number of aliphatic hydroxyl groups excluding tert-OH is 1. The van der Waals surface area contributed by atoms with Crippen LogP contribution in [-0.2, 0) is 6.61 Å². The molecule has 0 saturated heterocycles. The second kappa shape index (κ2) is 5.05. The topological polar surface area (TPSA) is 46.2 Å². The fourth-order valence-corrected chi connectivity index (χ4v) is 2.41. The third-order valence-electron chi connectivity index (χ3n) is 2.28. The van der Waals surface area contributed by atoms with Gasteiger partial charge in [0.1, 0.15) is 0 Å². The second-order valence-corrected chi connectivity index (χ2v) is 4.49. The van der Waals surface area contributed by atoms with Gasteiger partial charge in [0, 0.05) is 15.5 Å². The van der Waals surface area contributed by atoms with Gasteiger partial charge in [-0.2, -0.15) is 0 Å². The van der Waals surface area contributed by atoms with Crippen LogP contribution in [0.4, 0.5) is 5.69 Å². The first-order valence-corrected chi connectivity index (χ1v) is 5.84. The normalized spacial score (nSPS) is 10.3. The van der Waals surface area contributed by atoms with E-state index in [1.165, 1.54) is 0 Å². The molecule has 0 spiro atoms. The van der Waals surface area contributed by atoms with Crippen LogP contribution in [0.2, 0.25) is 0 Å². The maximum Gasteiger partial charge on any atom is 0.0692 e. The molecule has 0 amide bonds. The summed E-state index contributed by atoms with van der Waals surface area (Å²) >= 11 is 1.58. The van der Waals surface area contributed by atoms with Crippen molar-refractivity contribution in [2.24, 2.45) is 0 Å². The molecule has 0 heterocycles. The number of para-hydroxylation sites is 1. The van der Waals surface area contributed by atoms with Gasteiger partial charge in [0.05, 0.1) is 6.61 Å². The highest BCUT2D eigenvalue weighted by molar-refractivity contribution is 7.99. The van der Waals surface area contributed by atoms with Crippen molar-refractivity contribution < 1.29 is 5.11 Å². The highest BCUT2D eigenvalue weighted by Gasteiger charge is 2.04. The van der Waals surface area contributed by atoms with E-state index in [1.54, 1.807) is 11.8 Å². The van der Waals surface area contributed by atoms with Gasteiger partial charge in [-0.1, -0.05) is 42.1 Å². The van der Waals surface area contributed by atoms with E-state index in [0.29, 0.717) is 0 Å². The monoisotopic (exact) mass is 231 g/mol. The van der Waals surface area contributed by atoms with E-state index in [0.717, 1.165) is 21.0 Å². The van der Waals surface area contributed by atoms with Crippen molar-refractivity contribution in [2.45, 2.75) is 16.4 Å². The van der Waals surface area contributed by atoms with Crippen molar-refractivity contribution in [1.82, 2.24) is 0 Å². The maximum atomic E-state index is 9.22. The summed E-state index contributed by atoms with van der Waals surface area (Å²) in [6, 6.07) is 15.5. The lowest BCUT2D eigenvalue weighted by Crippen LogP contribution is -1.90. The minimum Gasteiger partial charge on any atom is -0.398 e. The molecule has 2 nitrogen and oxygen atoms in total. The first-order valence-electron chi connectivity index (χ1n) is 5.02. The average Bonchev–Trinajstić information content (AvgIpc) is 2.33. The Labute approximate surface area is 99.1 Å². The molecule has 0 aliphatic carbocycles. The molecular weight excluding hydrogens is 218 g/mol. The molecule has 0 aliphatic heterocycles. The first-order chi connectivity index (χ1) is 7.81. The van der Waals surface area contributed by atoms with Crippen LogP contribution < -0.4 is 5.73 Å². The van der Waals surface area contributed by atoms with Crippen molar-refractivity contribution in [1.29, 1.82) is 0 Å². The van der Waals surface area contributed by atoms with Gasteiger partial charge in [-0.3, -0.25) is 0 Å². The van der Waals surface area contributed by atoms with Crippen LogP contribution in [0.25, 0.3) is 0 Å². The molecule has 0 aromatic heterocycles. The second-order valence-electron chi connectivity index (χ2n) is 3.41. The molecule has 0 fully saturated rings. The number of rotatable bonds is 3. The molecule has 0 bridgehead atoms. The molecule has 16 heavy (non-hydrogen) atoms. The summed E-state index contributed by atoms with van der Waals surface area (Å²) in [7, 11) is 0. The zero-order chi connectivity index (χ0) is 11.4. The molecule has 0 saturated carbocycles. The molecule has 3 N–H and O–H groups in total. The third-order valence-corrected chi connectivity index (χ3v) is 3.49. The Morgan fingerprint density at radius 1 is 0.938 bits per heavy atom. The zero-order valence-electron chi connectivity index (χ0n) is 8.76. The Balaban J connectivity index is 2.30. The minimum atomic E-state index is 0.0515. The number of aliphatic hydroxyl groups is 1. The lowest BCUT2D eigenvalue weighted by molar-refractivity contribution is 0.279. The Morgan fingerprint density at radius 3 is 2.25 bits per heavy atom. The van der Waals surface area contributed by atoms with Crippen molar-refractivity contribution in [2.75, 3.05) is 5.73 Å². The van der Waals surface area contributed by atoms with Crippen molar-refractivity contribution >= 4 is 17.4 Å². The summed E-state index contributed by atoms with van der Waals surface area (Å²) < 4.78 is 0. The molecule has 3 heteroatoms. The fraction of sp³-hybridized carbons (Fsp3) is 0.0769. The van der Waals surface area contributed by atoms with Gasteiger partial charge in [-0.15, -0.1) is 0 Å². The summed E-state index contributed by atoms with van der Waals surface area (Å²) in [5, 5.41) is 9.22. The summed E-state index contributed by atoms with van der Waals surface area (Å²) in [6.45, 7) is 0.0515. The van der Waals surface area contributed by atoms with E-state index in [9.17, 15) is 5.11 Å². The zero-order valence-corrected chi connectivity index (χ0v) is 9.58. The summed E-state index contributed by atoms with van der Waals surface area (Å²) in [5.41, 5.74) is 7.57. The van der Waals surface area contributed by atoms with Gasteiger partial charge in [0.15, 0.2) is 0 Å². The SMILES string of the molecule is Nc1ccccc1Sc1ccccc1CO. The Morgan fingerprint density at radius 2 is 1.56 bits per heavy atom. The third kappa shape index (κ3) is 2.38. The standard InChI is InChI=1S/C13H13NOS/c14-11-6-2-4-8-13(11)16-12-7-3-1-5-10(12)9-15/h1-8,15H,9,14H2. The fourth-order valence-electron chi connectivity index (χ4n) is 1.43. The van der Waals surface area contributed by atoms with Crippen LogP contribution in [0.3, 0.4) is 0 Å². The van der Waals surface area contributed by atoms with Gasteiger partial charge in [-0.05, 0) is 23.8 Å². The van der Waals surface area contributed by atoms with Crippen LogP contribution in [0.1, 0.15) is 5.56 Å². The van der Waals surface area contributed by atoms with E-state index in [-0.39, 0.29) is 6.61 Å². The maximum absolute atomic E-state index is 9.22. The van der Waals surface area contributed by atoms with Gasteiger partial charge in [0.25, 0.3) is 0 Å². The molecule has 2 aromatic rings. The molecule has 2 rings (SSSR count). The molecule has 0 unspecified atom stereocenters. The van der Waals surface area contributed by atoms with Crippen LogP contribution in [-0.4, -0.2) is 5.11 Å². The number of benzene rings is 2. The van der Waals surface area contributed by atoms with E-state index in [4.69, 9.17) is 5.73 Å². The molecular formula is C13H13NOS. The number of anilines is 1. The minimum absolute atomic E-state index is 0.0515. The van der Waals surface area contributed by atoms with Gasteiger partial charge < -0.3 is 10.8 Å². The van der Waals surface area contributed by atoms with E-state index < -0.39 is 0 Å².